The van der Waals surface area contributed by atoms with Crippen molar-refractivity contribution in [3.8, 4) is 0 Å². The maximum Gasteiger partial charge on any atom is 0.283 e. The number of hydrogen-bond donors (Lipinski definition) is 1. The summed E-state index contributed by atoms with van der Waals surface area (Å²) in [5, 5.41) is 14.2. The van der Waals surface area contributed by atoms with Gasteiger partial charge in [-0.15, -0.1) is 0 Å². The van der Waals surface area contributed by atoms with Gasteiger partial charge in [0.25, 0.3) is 5.69 Å². The van der Waals surface area contributed by atoms with Gasteiger partial charge in [-0.2, -0.15) is 0 Å². The number of nitrogens with zero attached hydrogens (tertiary/aromatic N) is 1. The van der Waals surface area contributed by atoms with Gasteiger partial charge in [-0.3, -0.25) is 10.1 Å². The third kappa shape index (κ3) is 3.56. The van der Waals surface area contributed by atoms with E-state index in [0.29, 0.717) is 17.1 Å². The number of likely N-dealkylation sites (N-methyl/N-ethyl adjacent to an activating group) is 1. The number of hydrogen-bond acceptors (Lipinski definition) is 4. The summed E-state index contributed by atoms with van der Waals surface area (Å²) in [7, 11) is 1.95. The molecule has 1 saturated carbocycles. The number of ether oxygens (including phenoxy) is 1. The van der Waals surface area contributed by atoms with Crippen LogP contribution in [0.1, 0.15) is 31.2 Å². The average molecular weight is 343 g/mol. The van der Waals surface area contributed by atoms with Crippen molar-refractivity contribution >= 4 is 21.6 Å². The monoisotopic (exact) mass is 342 g/mol. The predicted octanol–water partition coefficient (Wildman–Crippen LogP) is 3.40. The van der Waals surface area contributed by atoms with Crippen molar-refractivity contribution in [3.63, 3.8) is 0 Å². The number of nitro benzene ring substituents is 1. The fraction of sp³-hybridized carbons (Fsp3) is 0.571. The summed E-state index contributed by atoms with van der Waals surface area (Å²) in [5.41, 5.74) is 0.902. The van der Waals surface area contributed by atoms with Crippen LogP contribution >= 0.6 is 15.9 Å². The van der Waals surface area contributed by atoms with E-state index in [-0.39, 0.29) is 16.7 Å². The molecule has 2 unspecified atom stereocenters. The maximum absolute atomic E-state index is 10.9. The molecule has 110 valence electrons. The summed E-state index contributed by atoms with van der Waals surface area (Å²) < 4.78 is 6.49. The zero-order valence-electron chi connectivity index (χ0n) is 11.5. The SMILES string of the molecule is CNC1CCCCC1OCc1cccc([N+](=O)[O-])c1Br. The lowest BCUT2D eigenvalue weighted by Crippen LogP contribution is -2.41. The minimum Gasteiger partial charge on any atom is -0.372 e. The van der Waals surface area contributed by atoms with Crippen LogP contribution < -0.4 is 5.32 Å². The van der Waals surface area contributed by atoms with Crippen LogP contribution in [-0.2, 0) is 11.3 Å². The van der Waals surface area contributed by atoms with Crippen LogP contribution in [0, 0.1) is 10.1 Å². The summed E-state index contributed by atoms with van der Waals surface area (Å²) in [4.78, 5) is 10.5. The lowest BCUT2D eigenvalue weighted by molar-refractivity contribution is -0.385. The molecule has 1 aromatic carbocycles. The van der Waals surface area contributed by atoms with E-state index in [1.54, 1.807) is 6.07 Å². The summed E-state index contributed by atoms with van der Waals surface area (Å²) in [6, 6.07) is 5.41. The van der Waals surface area contributed by atoms with Gasteiger partial charge in [0.05, 0.1) is 17.6 Å². The van der Waals surface area contributed by atoms with Gasteiger partial charge >= 0.3 is 0 Å². The standard InChI is InChI=1S/C14H19BrN2O3/c1-16-11-6-2-3-8-13(11)20-9-10-5-4-7-12(14(10)15)17(18)19/h4-5,7,11,13,16H,2-3,6,8-9H2,1H3. The van der Waals surface area contributed by atoms with Crippen molar-refractivity contribution in [3.05, 3.63) is 38.3 Å². The third-order valence-electron chi connectivity index (χ3n) is 3.78. The molecule has 1 aromatic rings. The van der Waals surface area contributed by atoms with Crippen LogP contribution in [0.5, 0.6) is 0 Å². The van der Waals surface area contributed by atoms with Gasteiger partial charge in [-0.25, -0.2) is 0 Å². The van der Waals surface area contributed by atoms with Crippen LogP contribution in [0.4, 0.5) is 5.69 Å². The highest BCUT2D eigenvalue weighted by molar-refractivity contribution is 9.10. The maximum atomic E-state index is 10.9. The van der Waals surface area contributed by atoms with Crippen molar-refractivity contribution in [1.82, 2.24) is 5.32 Å². The molecule has 1 N–H and O–H groups in total. The largest absolute Gasteiger partial charge is 0.372 e. The molecule has 0 saturated heterocycles. The zero-order valence-corrected chi connectivity index (χ0v) is 13.1. The topological polar surface area (TPSA) is 64.4 Å². The Morgan fingerprint density at radius 1 is 1.45 bits per heavy atom. The predicted molar refractivity (Wildman–Crippen MR) is 80.7 cm³/mol. The second kappa shape index (κ2) is 7.15. The van der Waals surface area contributed by atoms with Gasteiger partial charge in [0.15, 0.2) is 0 Å². The van der Waals surface area contributed by atoms with Gasteiger partial charge in [-0.1, -0.05) is 25.0 Å². The Hall–Kier alpha value is -0.980. The first-order chi connectivity index (χ1) is 9.63. The number of halogens is 1. The normalized spacial score (nSPS) is 22.7. The highest BCUT2D eigenvalue weighted by Crippen LogP contribution is 2.30. The first-order valence-corrected chi connectivity index (χ1v) is 7.63. The molecule has 0 radical (unpaired) electrons. The molecule has 5 nitrogen and oxygen atoms in total. The van der Waals surface area contributed by atoms with Crippen molar-refractivity contribution < 1.29 is 9.66 Å². The molecule has 2 atom stereocenters. The molecule has 2 rings (SSSR count). The molecule has 0 aromatic heterocycles. The first-order valence-electron chi connectivity index (χ1n) is 6.84. The van der Waals surface area contributed by atoms with E-state index in [2.05, 4.69) is 21.2 Å². The van der Waals surface area contributed by atoms with Crippen LogP contribution in [0.25, 0.3) is 0 Å². The Kier molecular flexibility index (Phi) is 5.51. The Morgan fingerprint density at radius 2 is 2.20 bits per heavy atom. The molecule has 0 aliphatic heterocycles. The molecule has 1 fully saturated rings. The van der Waals surface area contributed by atoms with Gasteiger partial charge < -0.3 is 10.1 Å². The van der Waals surface area contributed by atoms with E-state index in [1.807, 2.05) is 13.1 Å². The van der Waals surface area contributed by atoms with Crippen LogP contribution in [0.15, 0.2) is 22.7 Å². The van der Waals surface area contributed by atoms with E-state index < -0.39 is 0 Å². The summed E-state index contributed by atoms with van der Waals surface area (Å²) in [5.74, 6) is 0. The number of nitro groups is 1. The summed E-state index contributed by atoms with van der Waals surface area (Å²) in [6.07, 6.45) is 4.75. The molecular weight excluding hydrogens is 324 g/mol. The molecule has 20 heavy (non-hydrogen) atoms. The third-order valence-corrected chi connectivity index (χ3v) is 4.70. The van der Waals surface area contributed by atoms with E-state index >= 15 is 0 Å². The molecule has 6 heteroatoms. The van der Waals surface area contributed by atoms with Gasteiger partial charge in [0.1, 0.15) is 4.47 Å². The van der Waals surface area contributed by atoms with E-state index in [1.165, 1.54) is 18.9 Å². The minimum atomic E-state index is -0.384. The highest BCUT2D eigenvalue weighted by atomic mass is 79.9. The Morgan fingerprint density at radius 3 is 2.90 bits per heavy atom. The number of rotatable bonds is 5. The smallest absolute Gasteiger partial charge is 0.283 e. The molecule has 0 heterocycles. The Bertz CT molecular complexity index is 481. The van der Waals surface area contributed by atoms with Gasteiger partial charge in [0.2, 0.25) is 0 Å². The lowest BCUT2D eigenvalue weighted by atomic mass is 9.92. The van der Waals surface area contributed by atoms with Crippen molar-refractivity contribution in [2.24, 2.45) is 0 Å². The fourth-order valence-electron chi connectivity index (χ4n) is 2.64. The van der Waals surface area contributed by atoms with E-state index in [0.717, 1.165) is 18.4 Å². The van der Waals surface area contributed by atoms with E-state index in [4.69, 9.17) is 4.74 Å². The highest BCUT2D eigenvalue weighted by Gasteiger charge is 2.25. The zero-order chi connectivity index (χ0) is 14.5. The van der Waals surface area contributed by atoms with Gasteiger partial charge in [0, 0.05) is 12.1 Å². The van der Waals surface area contributed by atoms with Crippen LogP contribution in [-0.4, -0.2) is 24.1 Å². The summed E-state index contributed by atoms with van der Waals surface area (Å²) >= 11 is 3.30. The second-order valence-corrected chi connectivity index (χ2v) is 5.83. The number of nitrogens with one attached hydrogen (secondary N) is 1. The molecule has 0 bridgehead atoms. The lowest BCUT2D eigenvalue weighted by Gasteiger charge is -2.31. The second-order valence-electron chi connectivity index (χ2n) is 5.04. The molecule has 0 spiro atoms. The van der Waals surface area contributed by atoms with E-state index in [9.17, 15) is 10.1 Å². The van der Waals surface area contributed by atoms with Crippen molar-refractivity contribution in [1.29, 1.82) is 0 Å². The Balaban J connectivity index is 2.03. The average Bonchev–Trinajstić information content (AvgIpc) is 2.46. The summed E-state index contributed by atoms with van der Waals surface area (Å²) in [6.45, 7) is 0.394. The minimum absolute atomic E-state index is 0.0833. The quantitative estimate of drug-likeness (QED) is 0.657. The van der Waals surface area contributed by atoms with Gasteiger partial charge in [-0.05, 0) is 41.4 Å². The van der Waals surface area contributed by atoms with Crippen molar-refractivity contribution in [2.45, 2.75) is 44.4 Å². The molecular formula is C14H19BrN2O3. The van der Waals surface area contributed by atoms with Crippen LogP contribution in [0.3, 0.4) is 0 Å². The molecule has 1 aliphatic rings. The first kappa shape index (κ1) is 15.4. The number of benzene rings is 1. The van der Waals surface area contributed by atoms with Crippen molar-refractivity contribution in [2.75, 3.05) is 7.05 Å². The Labute approximate surface area is 127 Å². The molecule has 1 aliphatic carbocycles. The van der Waals surface area contributed by atoms with Crippen LogP contribution in [0.2, 0.25) is 0 Å². The fourth-order valence-corrected chi connectivity index (χ4v) is 3.17. The molecule has 0 amide bonds.